The lowest BCUT2D eigenvalue weighted by atomic mass is 9.90. The van der Waals surface area contributed by atoms with E-state index in [0.29, 0.717) is 0 Å². The van der Waals surface area contributed by atoms with Crippen molar-refractivity contribution < 1.29 is 0 Å². The molecule has 162 valence electrons. The third-order valence-corrected chi connectivity index (χ3v) is 6.02. The van der Waals surface area contributed by atoms with Crippen LogP contribution in [0.4, 0.5) is 0 Å². The summed E-state index contributed by atoms with van der Waals surface area (Å²) >= 11 is 0. The lowest BCUT2D eigenvalue weighted by Gasteiger charge is -2.22. The molecule has 4 atom stereocenters. The van der Waals surface area contributed by atoms with Gasteiger partial charge in [-0.15, -0.1) is 0 Å². The van der Waals surface area contributed by atoms with Crippen LogP contribution in [0.3, 0.4) is 0 Å². The van der Waals surface area contributed by atoms with Crippen LogP contribution in [0.5, 0.6) is 0 Å². The van der Waals surface area contributed by atoms with Gasteiger partial charge in [-0.25, -0.2) is 0 Å². The molecule has 8 N–H and O–H groups in total. The Morgan fingerprint density at radius 2 is 0.656 bits per heavy atom. The second-order valence-corrected chi connectivity index (χ2v) is 8.18. The average molecular weight is 423 g/mol. The second kappa shape index (κ2) is 9.90. The molecule has 0 fully saturated rings. The van der Waals surface area contributed by atoms with Crippen LogP contribution in [0.15, 0.2) is 109 Å². The number of rotatable bonds is 7. The van der Waals surface area contributed by atoms with Gasteiger partial charge in [-0.2, -0.15) is 0 Å². The van der Waals surface area contributed by atoms with E-state index >= 15 is 0 Å². The zero-order chi connectivity index (χ0) is 22.5. The van der Waals surface area contributed by atoms with E-state index in [2.05, 4.69) is 24.3 Å². The first-order chi connectivity index (χ1) is 15.5. The van der Waals surface area contributed by atoms with E-state index in [9.17, 15) is 0 Å². The maximum Gasteiger partial charge on any atom is 0.0491 e. The second-order valence-electron chi connectivity index (χ2n) is 8.18. The number of benzene rings is 4. The topological polar surface area (TPSA) is 104 Å². The Morgan fingerprint density at radius 1 is 0.344 bits per heavy atom. The monoisotopic (exact) mass is 422 g/mol. The molecule has 4 nitrogen and oxygen atoms in total. The van der Waals surface area contributed by atoms with Gasteiger partial charge in [-0.1, -0.05) is 97.1 Å². The van der Waals surface area contributed by atoms with Crippen LogP contribution in [-0.2, 0) is 0 Å². The molecule has 0 bridgehead atoms. The summed E-state index contributed by atoms with van der Waals surface area (Å²) < 4.78 is 0. The van der Waals surface area contributed by atoms with Crippen molar-refractivity contribution in [1.82, 2.24) is 0 Å². The minimum Gasteiger partial charge on any atom is -0.322 e. The van der Waals surface area contributed by atoms with Crippen molar-refractivity contribution in [2.75, 3.05) is 0 Å². The number of hydrogen-bond donors (Lipinski definition) is 4. The third-order valence-electron chi connectivity index (χ3n) is 6.02. The predicted molar refractivity (Wildman–Crippen MR) is 132 cm³/mol. The van der Waals surface area contributed by atoms with Crippen molar-refractivity contribution >= 4 is 0 Å². The van der Waals surface area contributed by atoms with Crippen LogP contribution in [0.25, 0.3) is 11.1 Å². The molecule has 4 heteroatoms. The van der Waals surface area contributed by atoms with E-state index in [-0.39, 0.29) is 24.2 Å². The summed E-state index contributed by atoms with van der Waals surface area (Å²) in [6.07, 6.45) is 0. The highest BCUT2D eigenvalue weighted by atomic mass is 14.8. The largest absolute Gasteiger partial charge is 0.322 e. The zero-order valence-corrected chi connectivity index (χ0v) is 18.0. The Labute approximate surface area is 189 Å². The van der Waals surface area contributed by atoms with E-state index in [0.717, 1.165) is 33.4 Å². The Kier molecular flexibility index (Phi) is 6.78. The van der Waals surface area contributed by atoms with Gasteiger partial charge in [0.1, 0.15) is 0 Å². The SMILES string of the molecule is N[C@H](c1ccccc1)[C@H](N)c1cccc(-c2cccc([C@H](N)[C@@H](N)c3ccccc3)c2)c1. The van der Waals surface area contributed by atoms with E-state index in [4.69, 9.17) is 22.9 Å². The minimum absolute atomic E-state index is 0.282. The first-order valence-electron chi connectivity index (χ1n) is 10.9. The highest BCUT2D eigenvalue weighted by Crippen LogP contribution is 2.31. The molecule has 0 radical (unpaired) electrons. The Balaban J connectivity index is 1.58. The highest BCUT2D eigenvalue weighted by molar-refractivity contribution is 5.65. The molecule has 0 unspecified atom stereocenters. The molecule has 4 aromatic rings. The van der Waals surface area contributed by atoms with Gasteiger partial charge in [-0.3, -0.25) is 0 Å². The fourth-order valence-electron chi connectivity index (χ4n) is 4.03. The molecular weight excluding hydrogens is 392 g/mol. The average Bonchev–Trinajstić information content (AvgIpc) is 2.88. The smallest absolute Gasteiger partial charge is 0.0491 e. The van der Waals surface area contributed by atoms with E-state index < -0.39 is 0 Å². The summed E-state index contributed by atoms with van der Waals surface area (Å²) in [5, 5.41) is 0. The van der Waals surface area contributed by atoms with Crippen molar-refractivity contribution in [3.05, 3.63) is 131 Å². The van der Waals surface area contributed by atoms with Crippen LogP contribution < -0.4 is 22.9 Å². The standard InChI is InChI=1S/C28H30N4/c29-25(19-9-3-1-4-10-19)27(31)23-15-7-13-21(17-23)22-14-8-16-24(18-22)28(32)26(30)20-11-5-2-6-12-20/h1-18,25-28H,29-32H2/t25-,26+,27-,28+. The molecule has 0 spiro atoms. The molecule has 0 aliphatic carbocycles. The molecule has 0 saturated carbocycles. The fourth-order valence-corrected chi connectivity index (χ4v) is 4.03. The van der Waals surface area contributed by atoms with E-state index in [1.807, 2.05) is 84.9 Å². The molecular formula is C28H30N4. The molecule has 0 aliphatic heterocycles. The van der Waals surface area contributed by atoms with Gasteiger partial charge >= 0.3 is 0 Å². The van der Waals surface area contributed by atoms with Crippen molar-refractivity contribution in [3.8, 4) is 11.1 Å². The van der Waals surface area contributed by atoms with Crippen molar-refractivity contribution in [3.63, 3.8) is 0 Å². The predicted octanol–water partition coefficient (Wildman–Crippen LogP) is 4.75. The molecule has 0 aromatic heterocycles. The van der Waals surface area contributed by atoms with E-state index in [1.54, 1.807) is 0 Å². The molecule has 0 saturated heterocycles. The fraction of sp³-hybridized carbons (Fsp3) is 0.143. The van der Waals surface area contributed by atoms with Crippen LogP contribution in [0, 0.1) is 0 Å². The minimum atomic E-state index is -0.311. The summed E-state index contributed by atoms with van der Waals surface area (Å²) in [6.45, 7) is 0. The van der Waals surface area contributed by atoms with Gasteiger partial charge in [0.2, 0.25) is 0 Å². The van der Waals surface area contributed by atoms with Gasteiger partial charge in [0.05, 0.1) is 0 Å². The number of hydrogen-bond acceptors (Lipinski definition) is 4. The lowest BCUT2D eigenvalue weighted by molar-refractivity contribution is 0.574. The summed E-state index contributed by atoms with van der Waals surface area (Å²) in [6, 6.07) is 35.2. The van der Waals surface area contributed by atoms with Crippen LogP contribution in [0.2, 0.25) is 0 Å². The van der Waals surface area contributed by atoms with Crippen molar-refractivity contribution in [1.29, 1.82) is 0 Å². The molecule has 4 rings (SSSR count). The quantitative estimate of drug-likeness (QED) is 0.345. The first-order valence-corrected chi connectivity index (χ1v) is 10.9. The summed E-state index contributed by atoms with van der Waals surface area (Å²) in [5.41, 5.74) is 32.2. The van der Waals surface area contributed by atoms with Crippen LogP contribution in [0.1, 0.15) is 46.4 Å². The third kappa shape index (κ3) is 4.79. The Bertz CT molecular complexity index is 1050. The molecule has 0 amide bonds. The first kappa shape index (κ1) is 21.9. The Hall–Kier alpha value is -3.28. The van der Waals surface area contributed by atoms with Gasteiger partial charge in [0, 0.05) is 24.2 Å². The lowest BCUT2D eigenvalue weighted by Crippen LogP contribution is -2.26. The van der Waals surface area contributed by atoms with Crippen LogP contribution in [-0.4, -0.2) is 0 Å². The van der Waals surface area contributed by atoms with Gasteiger partial charge in [0.25, 0.3) is 0 Å². The summed E-state index contributed by atoms with van der Waals surface area (Å²) in [4.78, 5) is 0. The molecule has 0 heterocycles. The van der Waals surface area contributed by atoms with Gasteiger partial charge in [0.15, 0.2) is 0 Å². The highest BCUT2D eigenvalue weighted by Gasteiger charge is 2.19. The van der Waals surface area contributed by atoms with Crippen molar-refractivity contribution in [2.45, 2.75) is 24.2 Å². The maximum absolute atomic E-state index is 6.54. The van der Waals surface area contributed by atoms with Crippen molar-refractivity contribution in [2.24, 2.45) is 22.9 Å². The van der Waals surface area contributed by atoms with Crippen LogP contribution >= 0.6 is 0 Å². The van der Waals surface area contributed by atoms with E-state index in [1.165, 1.54) is 0 Å². The molecule has 0 aliphatic rings. The van der Waals surface area contributed by atoms with Gasteiger partial charge < -0.3 is 22.9 Å². The Morgan fingerprint density at radius 3 is 1.03 bits per heavy atom. The zero-order valence-electron chi connectivity index (χ0n) is 18.0. The normalized spacial score (nSPS) is 15.0. The molecule has 4 aromatic carbocycles. The summed E-state index contributed by atoms with van der Waals surface area (Å²) in [7, 11) is 0. The van der Waals surface area contributed by atoms with Gasteiger partial charge in [-0.05, 0) is 45.5 Å². The maximum atomic E-state index is 6.54. The number of nitrogens with two attached hydrogens (primary N) is 4. The summed E-state index contributed by atoms with van der Waals surface area (Å²) in [5.74, 6) is 0. The molecule has 32 heavy (non-hydrogen) atoms.